The zero-order chi connectivity index (χ0) is 19.6. The molecule has 0 aliphatic heterocycles. The van der Waals surface area contributed by atoms with Gasteiger partial charge in [0.15, 0.2) is 0 Å². The smallest absolute Gasteiger partial charge is 0.349 e. The number of para-hydroxylation sites is 1. The van der Waals surface area contributed by atoms with Crippen molar-refractivity contribution in [3.8, 4) is 5.75 Å². The highest BCUT2D eigenvalue weighted by atomic mass is 35.5. The summed E-state index contributed by atoms with van der Waals surface area (Å²) in [5.74, 6) is 0.574. The van der Waals surface area contributed by atoms with Crippen molar-refractivity contribution >= 4 is 28.7 Å². The maximum Gasteiger partial charge on any atom is 0.349 e. The Kier molecular flexibility index (Phi) is 5.19. The maximum atomic E-state index is 12.5. The molecule has 0 saturated heterocycles. The number of fused-ring (bicyclic) bond motifs is 1. The molecule has 6 nitrogen and oxygen atoms in total. The van der Waals surface area contributed by atoms with Gasteiger partial charge in [0, 0.05) is 0 Å². The Balaban J connectivity index is 1.89. The lowest BCUT2D eigenvalue weighted by Crippen LogP contribution is -2.32. The summed E-state index contributed by atoms with van der Waals surface area (Å²) in [6.45, 7) is 6.74. The Morgan fingerprint density at radius 2 is 1.93 bits per heavy atom. The van der Waals surface area contributed by atoms with E-state index in [2.05, 4.69) is 30.9 Å². The lowest BCUT2D eigenvalue weighted by molar-refractivity contribution is 0.198. The summed E-state index contributed by atoms with van der Waals surface area (Å²) < 4.78 is 6.51. The van der Waals surface area contributed by atoms with Gasteiger partial charge in [-0.15, -0.1) is 4.68 Å². The Bertz CT molecular complexity index is 1120. The number of rotatable bonds is 4. The predicted octanol–water partition coefficient (Wildman–Crippen LogP) is 3.65. The second kappa shape index (κ2) is 7.40. The average molecular weight is 386 g/mol. The van der Waals surface area contributed by atoms with Crippen LogP contribution >= 0.6 is 11.6 Å². The summed E-state index contributed by atoms with van der Waals surface area (Å²) in [7, 11) is 0. The van der Waals surface area contributed by atoms with E-state index in [0.717, 1.165) is 4.68 Å². The number of H-pyrrole nitrogens is 1. The van der Waals surface area contributed by atoms with Crippen molar-refractivity contribution in [2.24, 2.45) is 10.5 Å². The first kappa shape index (κ1) is 18.9. The van der Waals surface area contributed by atoms with E-state index in [1.165, 1.54) is 6.21 Å². The first-order valence-electron chi connectivity index (χ1n) is 8.45. The van der Waals surface area contributed by atoms with Gasteiger partial charge in [-0.25, -0.2) is 4.79 Å². The molecule has 2 aromatic carbocycles. The highest BCUT2D eigenvalue weighted by molar-refractivity contribution is 6.32. The van der Waals surface area contributed by atoms with Crippen molar-refractivity contribution in [3.05, 3.63) is 73.9 Å². The number of nitrogens with one attached hydrogen (secondary N) is 1. The second-order valence-corrected chi connectivity index (χ2v) is 7.78. The quantitative estimate of drug-likeness (QED) is 0.696. The highest BCUT2D eigenvalue weighted by Gasteiger charge is 2.12. The van der Waals surface area contributed by atoms with Gasteiger partial charge >= 0.3 is 5.69 Å². The summed E-state index contributed by atoms with van der Waals surface area (Å²) in [6.07, 6.45) is 1.41. The molecule has 0 spiro atoms. The van der Waals surface area contributed by atoms with Crippen LogP contribution in [0.25, 0.3) is 10.9 Å². The fourth-order valence-electron chi connectivity index (χ4n) is 2.39. The summed E-state index contributed by atoms with van der Waals surface area (Å²) in [5.41, 5.74) is 0.0415. The summed E-state index contributed by atoms with van der Waals surface area (Å²) in [6, 6.07) is 11.9. The number of nitrogens with zero attached hydrogens (tertiary/aromatic N) is 2. The van der Waals surface area contributed by atoms with E-state index in [-0.39, 0.29) is 5.41 Å². The minimum atomic E-state index is -0.605. The fourth-order valence-corrected chi connectivity index (χ4v) is 2.63. The lowest BCUT2D eigenvalue weighted by Gasteiger charge is -2.19. The van der Waals surface area contributed by atoms with Gasteiger partial charge < -0.3 is 9.72 Å². The van der Waals surface area contributed by atoms with Crippen LogP contribution in [-0.4, -0.2) is 22.5 Å². The van der Waals surface area contributed by atoms with Crippen molar-refractivity contribution in [1.29, 1.82) is 0 Å². The standard InChI is InChI=1S/C20H20ClN3O3/c1-20(2,3)12-27-17-9-8-13(10-15(17)21)11-22-24-18(25)14-6-4-5-7-16(14)23-19(24)26/h4-11H,12H2,1-3H3,(H,23,26). The van der Waals surface area contributed by atoms with E-state index in [1.807, 2.05) is 0 Å². The molecule has 0 fully saturated rings. The van der Waals surface area contributed by atoms with Crippen LogP contribution in [-0.2, 0) is 0 Å². The lowest BCUT2D eigenvalue weighted by atomic mass is 9.99. The predicted molar refractivity (Wildman–Crippen MR) is 108 cm³/mol. The minimum Gasteiger partial charge on any atom is -0.491 e. The molecule has 0 aliphatic carbocycles. The average Bonchev–Trinajstić information content (AvgIpc) is 2.60. The normalized spacial score (nSPS) is 12.0. The van der Waals surface area contributed by atoms with Gasteiger partial charge in [0.1, 0.15) is 5.75 Å². The highest BCUT2D eigenvalue weighted by Crippen LogP contribution is 2.27. The van der Waals surface area contributed by atoms with Crippen LogP contribution in [0.15, 0.2) is 57.2 Å². The van der Waals surface area contributed by atoms with Crippen LogP contribution in [0.2, 0.25) is 5.02 Å². The van der Waals surface area contributed by atoms with Crippen LogP contribution in [0.1, 0.15) is 26.3 Å². The molecule has 0 amide bonds. The molecule has 3 rings (SSSR count). The Labute approximate surface area is 161 Å². The van der Waals surface area contributed by atoms with Gasteiger partial charge in [-0.3, -0.25) is 4.79 Å². The van der Waals surface area contributed by atoms with Crippen LogP contribution in [0.5, 0.6) is 5.75 Å². The van der Waals surface area contributed by atoms with Gasteiger partial charge in [-0.1, -0.05) is 44.5 Å². The third-order valence-corrected chi connectivity index (χ3v) is 4.02. The molecule has 3 aromatic rings. The van der Waals surface area contributed by atoms with E-state index in [9.17, 15) is 9.59 Å². The van der Waals surface area contributed by atoms with E-state index < -0.39 is 11.2 Å². The zero-order valence-corrected chi connectivity index (χ0v) is 16.1. The number of aromatic amines is 1. The molecular formula is C20H20ClN3O3. The van der Waals surface area contributed by atoms with Gasteiger partial charge in [0.2, 0.25) is 0 Å². The monoisotopic (exact) mass is 385 g/mol. The van der Waals surface area contributed by atoms with E-state index >= 15 is 0 Å². The van der Waals surface area contributed by atoms with Crippen LogP contribution in [0, 0.1) is 5.41 Å². The molecule has 0 saturated carbocycles. The largest absolute Gasteiger partial charge is 0.491 e. The van der Waals surface area contributed by atoms with E-state index in [4.69, 9.17) is 16.3 Å². The molecule has 0 atom stereocenters. The molecule has 0 bridgehead atoms. The molecule has 1 aromatic heterocycles. The van der Waals surface area contributed by atoms with Crippen molar-refractivity contribution in [3.63, 3.8) is 0 Å². The SMILES string of the molecule is CC(C)(C)COc1ccc(C=Nn2c(=O)[nH]c3ccccc3c2=O)cc1Cl. The van der Waals surface area contributed by atoms with Crippen molar-refractivity contribution in [2.45, 2.75) is 20.8 Å². The van der Waals surface area contributed by atoms with Crippen LogP contribution in [0.4, 0.5) is 0 Å². The molecule has 0 radical (unpaired) electrons. The van der Waals surface area contributed by atoms with Crippen LogP contribution < -0.4 is 16.0 Å². The third-order valence-electron chi connectivity index (χ3n) is 3.72. The van der Waals surface area contributed by atoms with Crippen molar-refractivity contribution in [2.75, 3.05) is 6.61 Å². The molecule has 7 heteroatoms. The number of benzene rings is 2. The van der Waals surface area contributed by atoms with Crippen LogP contribution in [0.3, 0.4) is 0 Å². The fraction of sp³-hybridized carbons (Fsp3) is 0.250. The summed E-state index contributed by atoms with van der Waals surface area (Å²) in [5, 5.41) is 4.84. The topological polar surface area (TPSA) is 76.5 Å². The van der Waals surface area contributed by atoms with E-state index in [0.29, 0.717) is 33.8 Å². The molecule has 27 heavy (non-hydrogen) atoms. The molecular weight excluding hydrogens is 366 g/mol. The number of aromatic nitrogens is 2. The van der Waals surface area contributed by atoms with Gasteiger partial charge in [0.05, 0.1) is 28.7 Å². The number of halogens is 1. The first-order chi connectivity index (χ1) is 12.7. The van der Waals surface area contributed by atoms with Gasteiger partial charge in [-0.05, 0) is 41.3 Å². The van der Waals surface area contributed by atoms with Crippen molar-refractivity contribution < 1.29 is 4.74 Å². The molecule has 0 unspecified atom stereocenters. The second-order valence-electron chi connectivity index (χ2n) is 7.38. The molecule has 1 N–H and O–H groups in total. The number of ether oxygens (including phenoxy) is 1. The molecule has 1 heterocycles. The maximum absolute atomic E-state index is 12.5. The minimum absolute atomic E-state index is 0.0156. The summed E-state index contributed by atoms with van der Waals surface area (Å²) in [4.78, 5) is 27.2. The molecule has 0 aliphatic rings. The zero-order valence-electron chi connectivity index (χ0n) is 15.3. The third kappa shape index (κ3) is 4.46. The summed E-state index contributed by atoms with van der Waals surface area (Å²) >= 11 is 6.26. The number of hydrogen-bond acceptors (Lipinski definition) is 4. The van der Waals surface area contributed by atoms with Crippen molar-refractivity contribution in [1.82, 2.24) is 9.66 Å². The van der Waals surface area contributed by atoms with Gasteiger partial charge in [-0.2, -0.15) is 5.10 Å². The molecule has 140 valence electrons. The Morgan fingerprint density at radius 3 is 2.63 bits per heavy atom. The first-order valence-corrected chi connectivity index (χ1v) is 8.83. The van der Waals surface area contributed by atoms with E-state index in [1.54, 1.807) is 42.5 Å². The number of hydrogen-bond donors (Lipinski definition) is 1. The van der Waals surface area contributed by atoms with Gasteiger partial charge in [0.25, 0.3) is 5.56 Å². The Morgan fingerprint density at radius 1 is 1.19 bits per heavy atom. The Hall–Kier alpha value is -2.86.